The summed E-state index contributed by atoms with van der Waals surface area (Å²) in [5, 5.41) is 14.2. The fourth-order valence-corrected chi connectivity index (χ4v) is 6.73. The zero-order valence-corrected chi connectivity index (χ0v) is 21.6. The number of aliphatic hydroxyl groups is 1. The Morgan fingerprint density at radius 1 is 1.00 bits per heavy atom. The van der Waals surface area contributed by atoms with Crippen LogP contribution in [0.4, 0.5) is 11.4 Å². The van der Waals surface area contributed by atoms with Gasteiger partial charge < -0.3 is 15.3 Å². The van der Waals surface area contributed by atoms with E-state index in [-0.39, 0.29) is 5.56 Å². The number of aromatic nitrogens is 5. The molecule has 1 unspecified atom stereocenters. The highest BCUT2D eigenvalue weighted by atomic mass is 16.3. The molecule has 3 saturated heterocycles. The zero-order valence-electron chi connectivity index (χ0n) is 21.6. The van der Waals surface area contributed by atoms with Crippen molar-refractivity contribution in [3.05, 3.63) is 70.5 Å². The molecule has 11 heteroatoms. The van der Waals surface area contributed by atoms with Gasteiger partial charge in [0.05, 0.1) is 17.5 Å². The maximum atomic E-state index is 13.4. The molecule has 6 heterocycles. The van der Waals surface area contributed by atoms with E-state index >= 15 is 0 Å². The van der Waals surface area contributed by atoms with Crippen LogP contribution in [0.15, 0.2) is 53.7 Å². The predicted molar refractivity (Wildman–Crippen MR) is 147 cm³/mol. The Morgan fingerprint density at radius 3 is 2.54 bits per heavy atom. The maximum Gasteiger partial charge on any atom is 0.297 e. The summed E-state index contributed by atoms with van der Waals surface area (Å²) in [6, 6.07) is 12.8. The van der Waals surface area contributed by atoms with Crippen molar-refractivity contribution in [3.8, 4) is 5.82 Å². The maximum absolute atomic E-state index is 13.4. The number of aliphatic hydroxyl groups excluding tert-OH is 1. The van der Waals surface area contributed by atoms with Gasteiger partial charge in [-0.25, -0.2) is 15.0 Å². The van der Waals surface area contributed by atoms with E-state index in [0.717, 1.165) is 61.7 Å². The van der Waals surface area contributed by atoms with Crippen LogP contribution in [-0.4, -0.2) is 79.7 Å². The molecule has 1 aliphatic carbocycles. The van der Waals surface area contributed by atoms with Gasteiger partial charge in [-0.1, -0.05) is 6.07 Å². The first kappa shape index (κ1) is 23.1. The highest BCUT2D eigenvalue weighted by Gasteiger charge is 2.43. The van der Waals surface area contributed by atoms with Crippen LogP contribution < -0.4 is 21.2 Å². The van der Waals surface area contributed by atoms with Crippen LogP contribution in [0, 0.1) is 11.8 Å². The van der Waals surface area contributed by atoms with E-state index in [9.17, 15) is 9.90 Å². The Labute approximate surface area is 225 Å². The lowest BCUT2D eigenvalue weighted by Crippen LogP contribution is -2.56. The number of benzene rings is 1. The van der Waals surface area contributed by atoms with Crippen LogP contribution in [0.3, 0.4) is 0 Å². The Balaban J connectivity index is 1.06. The van der Waals surface area contributed by atoms with Crippen LogP contribution in [0.2, 0.25) is 0 Å². The first-order valence-corrected chi connectivity index (χ1v) is 13.8. The van der Waals surface area contributed by atoms with Crippen molar-refractivity contribution in [2.24, 2.45) is 11.8 Å². The lowest BCUT2D eigenvalue weighted by molar-refractivity contribution is 0.169. The summed E-state index contributed by atoms with van der Waals surface area (Å²) in [4.78, 5) is 33.2. The third-order valence-corrected chi connectivity index (χ3v) is 8.99. The Hall–Kier alpha value is -3.80. The van der Waals surface area contributed by atoms with Crippen LogP contribution >= 0.6 is 0 Å². The molecule has 3 atom stereocenters. The molecule has 0 radical (unpaired) electrons. The van der Waals surface area contributed by atoms with Crippen molar-refractivity contribution in [1.29, 1.82) is 0 Å². The monoisotopic (exact) mass is 525 g/mol. The van der Waals surface area contributed by atoms with Gasteiger partial charge in [0.1, 0.15) is 11.7 Å². The van der Waals surface area contributed by atoms with Gasteiger partial charge in [-0.05, 0) is 60.6 Å². The summed E-state index contributed by atoms with van der Waals surface area (Å²) in [6.45, 7) is 6.87. The molecule has 3 fully saturated rings. The summed E-state index contributed by atoms with van der Waals surface area (Å²) in [7, 11) is 0. The van der Waals surface area contributed by atoms with E-state index in [1.807, 2.05) is 24.3 Å². The van der Waals surface area contributed by atoms with E-state index in [2.05, 4.69) is 42.6 Å². The third kappa shape index (κ3) is 3.75. The molecule has 39 heavy (non-hydrogen) atoms. The molecule has 0 amide bonds. The smallest absolute Gasteiger partial charge is 0.297 e. The van der Waals surface area contributed by atoms with Crippen molar-refractivity contribution >= 4 is 22.4 Å². The molecule has 4 aromatic rings. The number of anilines is 2. The van der Waals surface area contributed by atoms with Crippen molar-refractivity contribution in [3.63, 3.8) is 0 Å². The molecule has 200 valence electrons. The molecule has 3 N–H and O–H groups in total. The minimum absolute atomic E-state index is 0.267. The number of fused-ring (bicyclic) bond motifs is 3. The van der Waals surface area contributed by atoms with E-state index in [1.165, 1.54) is 36.1 Å². The molecule has 8 rings (SSSR count). The lowest BCUT2D eigenvalue weighted by Gasteiger charge is -2.36. The van der Waals surface area contributed by atoms with Crippen LogP contribution in [0.25, 0.3) is 16.9 Å². The summed E-state index contributed by atoms with van der Waals surface area (Å²) in [6.07, 6.45) is 3.81. The molecule has 11 nitrogen and oxygen atoms in total. The number of rotatable bonds is 5. The Kier molecular flexibility index (Phi) is 5.26. The number of pyridine rings is 1. The van der Waals surface area contributed by atoms with Gasteiger partial charge in [-0.3, -0.25) is 15.1 Å². The Bertz CT molecular complexity index is 1600. The van der Waals surface area contributed by atoms with Gasteiger partial charge in [0, 0.05) is 57.2 Å². The molecular formula is C28H31N9O2. The standard InChI is InChI=1S/C28H31N9O2/c38-24-7-1-17-2-8-25(32-26(17)24)36-27-23(11-30-16-31-27)28(39)37(36)33-20-3-5-21(6-4-20)34-12-18-14-35(15-19(18)13-34)22-9-29-10-22/h2-6,8,11,16,18-19,22,24,29,33,38H,1,7,9-10,12-15H2/t18-,19+,24?. The van der Waals surface area contributed by atoms with Gasteiger partial charge in [-0.15, -0.1) is 4.79 Å². The Morgan fingerprint density at radius 2 is 1.79 bits per heavy atom. The largest absolute Gasteiger partial charge is 0.387 e. The van der Waals surface area contributed by atoms with Gasteiger partial charge >= 0.3 is 0 Å². The van der Waals surface area contributed by atoms with Gasteiger partial charge in [-0.2, -0.15) is 4.68 Å². The molecule has 0 saturated carbocycles. The van der Waals surface area contributed by atoms with Gasteiger partial charge in [0.25, 0.3) is 5.56 Å². The normalized spacial score (nSPS) is 24.7. The van der Waals surface area contributed by atoms with E-state index < -0.39 is 6.10 Å². The third-order valence-electron chi connectivity index (χ3n) is 8.99. The van der Waals surface area contributed by atoms with Crippen molar-refractivity contribution in [1.82, 2.24) is 34.6 Å². The highest BCUT2D eigenvalue weighted by Crippen LogP contribution is 2.35. The second-order valence-corrected chi connectivity index (χ2v) is 11.3. The SMILES string of the molecule is O=c1c2cncnc2n(-c2ccc3c(n2)C(O)CC3)n1Nc1ccc(N2C[C@@H]3CN(C4CNC4)C[C@@H]3C2)cc1. The molecule has 4 aliphatic rings. The molecular weight excluding hydrogens is 494 g/mol. The summed E-state index contributed by atoms with van der Waals surface area (Å²) < 4.78 is 1.66. The first-order valence-electron chi connectivity index (χ1n) is 13.8. The topological polar surface area (TPSA) is 116 Å². The molecule has 3 aromatic heterocycles. The van der Waals surface area contributed by atoms with Gasteiger partial charge in [0.15, 0.2) is 11.5 Å². The van der Waals surface area contributed by atoms with Crippen LogP contribution in [-0.2, 0) is 6.42 Å². The second-order valence-electron chi connectivity index (χ2n) is 11.3. The molecule has 1 aromatic carbocycles. The van der Waals surface area contributed by atoms with Crippen molar-refractivity contribution in [2.75, 3.05) is 49.6 Å². The van der Waals surface area contributed by atoms with E-state index in [1.54, 1.807) is 4.68 Å². The van der Waals surface area contributed by atoms with Crippen molar-refractivity contribution < 1.29 is 5.11 Å². The lowest BCUT2D eigenvalue weighted by atomic mass is 10.0. The number of hydrogen-bond donors (Lipinski definition) is 3. The molecule has 0 bridgehead atoms. The summed E-state index contributed by atoms with van der Waals surface area (Å²) in [5.41, 5.74) is 7.13. The number of nitrogens with one attached hydrogen (secondary N) is 2. The zero-order chi connectivity index (χ0) is 26.1. The predicted octanol–water partition coefficient (Wildman–Crippen LogP) is 1.17. The fraction of sp³-hybridized carbons (Fsp3) is 0.429. The van der Waals surface area contributed by atoms with E-state index in [0.29, 0.717) is 29.0 Å². The average molecular weight is 526 g/mol. The highest BCUT2D eigenvalue weighted by molar-refractivity contribution is 5.75. The molecule has 0 spiro atoms. The van der Waals surface area contributed by atoms with Crippen LogP contribution in [0.5, 0.6) is 0 Å². The second kappa shape index (κ2) is 8.87. The molecule has 3 aliphatic heterocycles. The van der Waals surface area contributed by atoms with Gasteiger partial charge in [0.2, 0.25) is 0 Å². The summed E-state index contributed by atoms with van der Waals surface area (Å²) in [5.74, 6) is 1.98. The number of nitrogens with zero attached hydrogens (tertiary/aromatic N) is 7. The fourth-order valence-electron chi connectivity index (χ4n) is 6.73. The van der Waals surface area contributed by atoms with E-state index in [4.69, 9.17) is 4.98 Å². The minimum Gasteiger partial charge on any atom is -0.387 e. The van der Waals surface area contributed by atoms with Crippen LogP contribution in [0.1, 0.15) is 23.8 Å². The number of hydrogen-bond acceptors (Lipinski definition) is 9. The average Bonchev–Trinajstić information content (AvgIpc) is 3.66. The first-order chi connectivity index (χ1) is 19.1. The quantitative estimate of drug-likeness (QED) is 0.353. The van der Waals surface area contributed by atoms with Crippen molar-refractivity contribution in [2.45, 2.75) is 25.0 Å². The summed E-state index contributed by atoms with van der Waals surface area (Å²) >= 11 is 0. The number of aryl methyl sites for hydroxylation is 1. The number of likely N-dealkylation sites (tertiary alicyclic amines) is 1. The minimum atomic E-state index is -0.597.